The van der Waals surface area contributed by atoms with E-state index in [2.05, 4.69) is 79.9 Å². The Bertz CT molecular complexity index is 372. The van der Waals surface area contributed by atoms with Crippen LogP contribution in [0.5, 0.6) is 5.75 Å². The Morgan fingerprint density at radius 3 is 2.07 bits per heavy atom. The zero-order chi connectivity index (χ0) is 11.6. The predicted octanol–water partition coefficient (Wildman–Crippen LogP) is 3.73. The molecule has 0 N–H and O–H groups in total. The molecule has 0 aromatic heterocycles. The van der Waals surface area contributed by atoms with E-state index in [1.165, 1.54) is 3.57 Å². The van der Waals surface area contributed by atoms with Crippen molar-refractivity contribution in [2.24, 2.45) is 0 Å². The van der Waals surface area contributed by atoms with Crippen LogP contribution in [0.4, 0.5) is 0 Å². The van der Waals surface area contributed by atoms with E-state index in [0.717, 1.165) is 12.9 Å². The molecule has 0 heterocycles. The van der Waals surface area contributed by atoms with Crippen LogP contribution in [0.15, 0.2) is 12.1 Å². The van der Waals surface area contributed by atoms with Gasteiger partial charge in [-0.1, -0.05) is 0 Å². The van der Waals surface area contributed by atoms with Crippen LogP contribution in [-0.2, 0) is 0 Å². The third kappa shape index (κ3) is 4.11. The molecule has 0 spiro atoms. The molecular weight excluding hydrogens is 551 g/mol. The van der Waals surface area contributed by atoms with Crippen LogP contribution in [0, 0.1) is 10.7 Å². The Balaban J connectivity index is 3.00. The summed E-state index contributed by atoms with van der Waals surface area (Å²) in [6.45, 7) is 0. The summed E-state index contributed by atoms with van der Waals surface area (Å²) >= 11 is 11.9. The molecule has 6 heteroatoms. The smallest absolute Gasteiger partial charge is 0.264 e. The van der Waals surface area contributed by atoms with Crippen LogP contribution < -0.4 is 4.74 Å². The molecule has 0 radical (unpaired) electrons. The molecule has 15 heavy (non-hydrogen) atoms. The van der Waals surface area contributed by atoms with Gasteiger partial charge in [0.25, 0.3) is 5.17 Å². The highest BCUT2D eigenvalue weighted by molar-refractivity contribution is 14.1. The minimum Gasteiger partial charge on any atom is -0.430 e. The quantitative estimate of drug-likeness (QED) is 0.385. The molecule has 0 aliphatic rings. The maximum atomic E-state index is 5.63. The molecule has 82 valence electrons. The van der Waals surface area contributed by atoms with Gasteiger partial charge in [-0.25, -0.2) is 0 Å². The first kappa shape index (κ1) is 14.2. The summed E-state index contributed by atoms with van der Waals surface area (Å²) in [7, 11) is 3.74. The Hall–Kier alpha value is 1.10. The molecular formula is C9H8I3NOS. The molecule has 0 amide bonds. The van der Waals surface area contributed by atoms with Crippen LogP contribution in [0.25, 0.3) is 0 Å². The zero-order valence-corrected chi connectivity index (χ0v) is 15.3. The van der Waals surface area contributed by atoms with Crippen LogP contribution in [0.2, 0.25) is 0 Å². The summed E-state index contributed by atoms with van der Waals surface area (Å²) in [6, 6.07) is 4.13. The Morgan fingerprint density at radius 2 is 1.67 bits per heavy atom. The average molecular weight is 559 g/mol. The van der Waals surface area contributed by atoms with Gasteiger partial charge < -0.3 is 9.64 Å². The number of ether oxygens (including phenoxy) is 1. The first-order chi connectivity index (χ1) is 6.91. The fourth-order valence-electron chi connectivity index (χ4n) is 0.805. The summed E-state index contributed by atoms with van der Waals surface area (Å²) in [5.41, 5.74) is 0. The molecule has 0 atom stereocenters. The zero-order valence-electron chi connectivity index (χ0n) is 8.05. The van der Waals surface area contributed by atoms with Crippen molar-refractivity contribution in [3.63, 3.8) is 0 Å². The van der Waals surface area contributed by atoms with Crippen molar-refractivity contribution in [3.05, 3.63) is 22.8 Å². The van der Waals surface area contributed by atoms with Gasteiger partial charge in [-0.3, -0.25) is 0 Å². The fourth-order valence-corrected chi connectivity index (χ4v) is 4.69. The van der Waals surface area contributed by atoms with E-state index < -0.39 is 0 Å². The van der Waals surface area contributed by atoms with Crippen molar-refractivity contribution in [1.82, 2.24) is 4.90 Å². The Labute approximate surface area is 136 Å². The number of hydrogen-bond donors (Lipinski definition) is 0. The van der Waals surface area contributed by atoms with Crippen molar-refractivity contribution in [2.45, 2.75) is 0 Å². The predicted molar refractivity (Wildman–Crippen MR) is 91.5 cm³/mol. The van der Waals surface area contributed by atoms with E-state index in [1.807, 2.05) is 14.1 Å². The van der Waals surface area contributed by atoms with E-state index in [4.69, 9.17) is 17.0 Å². The van der Waals surface area contributed by atoms with Crippen LogP contribution in [-0.4, -0.2) is 24.2 Å². The van der Waals surface area contributed by atoms with E-state index in [9.17, 15) is 0 Å². The highest BCUT2D eigenvalue weighted by Crippen LogP contribution is 2.29. The van der Waals surface area contributed by atoms with Gasteiger partial charge in [-0.2, -0.15) is 0 Å². The van der Waals surface area contributed by atoms with Gasteiger partial charge in [-0.15, -0.1) is 0 Å². The molecule has 0 bridgehead atoms. The van der Waals surface area contributed by atoms with Gasteiger partial charge in [0, 0.05) is 17.7 Å². The summed E-state index contributed by atoms with van der Waals surface area (Å²) in [5.74, 6) is 0.843. The van der Waals surface area contributed by atoms with Gasteiger partial charge >= 0.3 is 0 Å². The monoisotopic (exact) mass is 559 g/mol. The summed E-state index contributed by atoms with van der Waals surface area (Å²) in [6.07, 6.45) is 0. The Morgan fingerprint density at radius 1 is 1.20 bits per heavy atom. The minimum absolute atomic E-state index is 0.479. The summed E-state index contributed by atoms with van der Waals surface area (Å²) in [5, 5.41) is 0.479. The third-order valence-electron chi connectivity index (χ3n) is 1.52. The number of hydrogen-bond acceptors (Lipinski definition) is 2. The van der Waals surface area contributed by atoms with Gasteiger partial charge in [0.2, 0.25) is 0 Å². The van der Waals surface area contributed by atoms with Gasteiger partial charge in [0.05, 0.1) is 7.14 Å². The van der Waals surface area contributed by atoms with Crippen molar-refractivity contribution < 1.29 is 4.74 Å². The normalized spacial score (nSPS) is 9.93. The van der Waals surface area contributed by atoms with Crippen LogP contribution >= 0.6 is 80.0 Å². The highest BCUT2D eigenvalue weighted by Gasteiger charge is 2.11. The molecule has 2 nitrogen and oxygen atoms in total. The number of rotatable bonds is 1. The van der Waals surface area contributed by atoms with Gasteiger partial charge in [-0.05, 0) is 92.1 Å². The van der Waals surface area contributed by atoms with Crippen molar-refractivity contribution in [2.75, 3.05) is 14.1 Å². The maximum Gasteiger partial charge on any atom is 0.264 e. The first-order valence-corrected chi connectivity index (χ1v) is 7.60. The Kier molecular flexibility index (Phi) is 5.80. The van der Waals surface area contributed by atoms with Gasteiger partial charge in [0.1, 0.15) is 0 Å². The summed E-state index contributed by atoms with van der Waals surface area (Å²) in [4.78, 5) is 1.78. The third-order valence-corrected chi connectivity index (χ3v) is 4.19. The summed E-state index contributed by atoms with van der Waals surface area (Å²) < 4.78 is 8.98. The lowest BCUT2D eigenvalue weighted by Crippen LogP contribution is -2.25. The van der Waals surface area contributed by atoms with E-state index in [0.29, 0.717) is 5.17 Å². The largest absolute Gasteiger partial charge is 0.430 e. The topological polar surface area (TPSA) is 12.5 Å². The first-order valence-electron chi connectivity index (χ1n) is 3.95. The molecule has 0 aliphatic heterocycles. The number of benzene rings is 1. The second kappa shape index (κ2) is 6.15. The lowest BCUT2D eigenvalue weighted by Gasteiger charge is -2.16. The molecule has 0 aliphatic carbocycles. The standard InChI is InChI=1S/C9H8I3NOS/c1-13(2)9(15)14-8-6(11)3-5(10)4-7(8)12/h3-4H,1-2H3. The van der Waals surface area contributed by atoms with Crippen LogP contribution in [0.3, 0.4) is 0 Å². The molecule has 0 saturated carbocycles. The van der Waals surface area contributed by atoms with Crippen molar-refractivity contribution in [3.8, 4) is 5.75 Å². The molecule has 1 aromatic carbocycles. The minimum atomic E-state index is 0.479. The highest BCUT2D eigenvalue weighted by atomic mass is 127. The van der Waals surface area contributed by atoms with E-state index in [1.54, 1.807) is 4.90 Å². The molecule has 0 saturated heterocycles. The molecule has 0 unspecified atom stereocenters. The maximum absolute atomic E-state index is 5.63. The molecule has 0 fully saturated rings. The average Bonchev–Trinajstić information content (AvgIpc) is 2.10. The number of halogens is 3. The van der Waals surface area contributed by atoms with Gasteiger partial charge in [0.15, 0.2) is 5.75 Å². The van der Waals surface area contributed by atoms with Crippen molar-refractivity contribution >= 4 is 85.2 Å². The molecule has 1 aromatic rings. The number of nitrogens with zero attached hydrogens (tertiary/aromatic N) is 1. The lowest BCUT2D eigenvalue weighted by molar-refractivity contribution is 0.445. The van der Waals surface area contributed by atoms with Crippen LogP contribution in [0.1, 0.15) is 0 Å². The second-order valence-corrected chi connectivity index (χ2v) is 6.88. The lowest BCUT2D eigenvalue weighted by atomic mass is 10.3. The van der Waals surface area contributed by atoms with Crippen molar-refractivity contribution in [1.29, 1.82) is 0 Å². The second-order valence-electron chi connectivity index (χ2n) is 2.96. The SMILES string of the molecule is CN(C)C(=S)Oc1c(I)cc(I)cc1I. The van der Waals surface area contributed by atoms with E-state index in [-0.39, 0.29) is 0 Å². The van der Waals surface area contributed by atoms with E-state index >= 15 is 0 Å². The number of thiocarbonyl (C=S) groups is 1. The fraction of sp³-hybridized carbons (Fsp3) is 0.222. The molecule has 1 rings (SSSR count).